The van der Waals surface area contributed by atoms with Crippen LogP contribution in [0.25, 0.3) is 5.76 Å². The van der Waals surface area contributed by atoms with E-state index in [1.807, 2.05) is 0 Å². The minimum atomic E-state index is -1.89. The molecule has 11 N–H and O–H groups in total. The highest BCUT2D eigenvalue weighted by Gasteiger charge is 2.51. The summed E-state index contributed by atoms with van der Waals surface area (Å²) >= 11 is 0. The summed E-state index contributed by atoms with van der Waals surface area (Å²) < 4.78 is 28.7. The highest BCUT2D eigenvalue weighted by atomic mass is 16.8. The van der Waals surface area contributed by atoms with Gasteiger partial charge in [-0.25, -0.2) is 0 Å². The summed E-state index contributed by atoms with van der Waals surface area (Å²) in [6, 6.07) is 3.65. The summed E-state index contributed by atoms with van der Waals surface area (Å²) in [5, 5.41) is 112. The van der Waals surface area contributed by atoms with E-state index in [1.54, 1.807) is 0 Å². The molecule has 16 nitrogen and oxygen atoms in total. The Hall–Kier alpha value is -3.42. The smallest absolute Gasteiger partial charge is 0.229 e. The number of hydrogen-bond acceptors (Lipinski definition) is 16. The summed E-state index contributed by atoms with van der Waals surface area (Å²) in [4.78, 5) is 0. The maximum absolute atomic E-state index is 11.0. The van der Waals surface area contributed by atoms with Crippen molar-refractivity contribution >= 4 is 5.76 Å². The summed E-state index contributed by atoms with van der Waals surface area (Å²) in [7, 11) is 0. The first kappa shape index (κ1) is 31.0. The van der Waals surface area contributed by atoms with Gasteiger partial charge in [0.25, 0.3) is 0 Å². The average Bonchev–Trinajstić information content (AvgIpc) is 2.98. The van der Waals surface area contributed by atoms with E-state index in [-0.39, 0.29) is 34.2 Å². The lowest BCUT2D eigenvalue weighted by atomic mass is 9.96. The second-order valence-electron chi connectivity index (χ2n) is 10.3. The van der Waals surface area contributed by atoms with Crippen molar-refractivity contribution in [3.8, 4) is 11.5 Å². The first-order chi connectivity index (χ1) is 20.4. The quantitative estimate of drug-likeness (QED) is 0.144. The Kier molecular flexibility index (Phi) is 8.87. The van der Waals surface area contributed by atoms with Crippen LogP contribution in [0.3, 0.4) is 0 Å². The van der Waals surface area contributed by atoms with E-state index < -0.39 is 92.2 Å². The van der Waals surface area contributed by atoms with Crippen LogP contribution in [0.2, 0.25) is 0 Å². The molecule has 5 rings (SSSR count). The fraction of sp³-hybridized carbons (Fsp3) is 0.481. The number of aliphatic hydroxyl groups excluding tert-OH is 9. The fourth-order valence-corrected chi connectivity index (χ4v) is 5.03. The number of aliphatic hydroxyl groups is 9. The topological polar surface area (TPSA) is 269 Å². The Balaban J connectivity index is 1.53. The van der Waals surface area contributed by atoms with Gasteiger partial charge in [0.1, 0.15) is 60.4 Å². The van der Waals surface area contributed by atoms with Crippen LogP contribution in [-0.4, -0.2) is 137 Å². The Morgan fingerprint density at radius 1 is 0.721 bits per heavy atom. The van der Waals surface area contributed by atoms with Gasteiger partial charge < -0.3 is 79.9 Å². The number of allylic oxidation sites excluding steroid dienone is 2. The first-order valence-corrected chi connectivity index (χ1v) is 13.1. The van der Waals surface area contributed by atoms with E-state index in [0.717, 1.165) is 18.2 Å². The predicted molar refractivity (Wildman–Crippen MR) is 139 cm³/mol. The number of fused-ring (bicyclic) bond motifs is 1. The van der Waals surface area contributed by atoms with Gasteiger partial charge in [0.2, 0.25) is 6.29 Å². The Bertz CT molecular complexity index is 1320. The number of ether oxygens (including phenoxy) is 5. The zero-order valence-corrected chi connectivity index (χ0v) is 22.2. The van der Waals surface area contributed by atoms with Crippen molar-refractivity contribution in [3.63, 3.8) is 0 Å². The standard InChI is InChI=1S/C27H32O16/c28-7-17-19(34)21(36)23(38)26(41-17)43-25-22(37)20(35)18(8-29)42-27(25)40-16-6-11-13(32)4-10(30)5-15(11)39-24(16)9-1-2-12(31)14(33)3-9/h1-6,15,17-23,25-38H,7-8H2. The molecule has 0 radical (unpaired) electrons. The molecule has 3 aliphatic heterocycles. The van der Waals surface area contributed by atoms with Gasteiger partial charge in [0.15, 0.2) is 35.4 Å². The molecule has 2 saturated heterocycles. The van der Waals surface area contributed by atoms with Gasteiger partial charge in [0, 0.05) is 23.3 Å². The normalized spacial score (nSPS) is 37.9. The summed E-state index contributed by atoms with van der Waals surface area (Å²) in [5.74, 6) is -1.98. The van der Waals surface area contributed by atoms with Crippen LogP contribution >= 0.6 is 0 Å². The molecule has 0 bridgehead atoms. The molecule has 4 aliphatic rings. The van der Waals surface area contributed by atoms with Crippen molar-refractivity contribution in [1.82, 2.24) is 0 Å². The van der Waals surface area contributed by atoms with Crippen molar-refractivity contribution in [1.29, 1.82) is 0 Å². The van der Waals surface area contributed by atoms with E-state index >= 15 is 0 Å². The zero-order chi connectivity index (χ0) is 31.2. The molecule has 3 heterocycles. The van der Waals surface area contributed by atoms with Gasteiger partial charge in [-0.2, -0.15) is 0 Å². The molecule has 0 spiro atoms. The molecular weight excluding hydrogens is 580 g/mol. The van der Waals surface area contributed by atoms with E-state index in [9.17, 15) is 56.2 Å². The summed E-state index contributed by atoms with van der Waals surface area (Å²) in [6.45, 7) is -1.55. The SMILES string of the molecule is OCC1OC(OC2C(OC3=C(c4ccc(O)c(O)c4)OC4C=C(O)C=C(O)C4=C3)OC(CO)C(O)C2O)C(O)C(O)C1O. The van der Waals surface area contributed by atoms with Crippen molar-refractivity contribution in [2.75, 3.05) is 13.2 Å². The second-order valence-corrected chi connectivity index (χ2v) is 10.3. The third-order valence-electron chi connectivity index (χ3n) is 7.41. The van der Waals surface area contributed by atoms with Gasteiger partial charge in [-0.3, -0.25) is 0 Å². The molecule has 1 aromatic carbocycles. The molecule has 0 amide bonds. The number of hydrogen-bond donors (Lipinski definition) is 11. The molecule has 1 aromatic rings. The molecule has 11 unspecified atom stereocenters. The summed E-state index contributed by atoms with van der Waals surface area (Å²) in [6.07, 6.45) is -14.5. The number of phenolic OH excluding ortho intramolecular Hbond substituents is 2. The van der Waals surface area contributed by atoms with Gasteiger partial charge in [0.05, 0.1) is 13.2 Å². The van der Waals surface area contributed by atoms with E-state index in [0.29, 0.717) is 0 Å². The van der Waals surface area contributed by atoms with Crippen molar-refractivity contribution in [3.05, 3.63) is 64.8 Å². The van der Waals surface area contributed by atoms with Crippen LogP contribution in [-0.2, 0) is 23.7 Å². The molecule has 2 fully saturated rings. The van der Waals surface area contributed by atoms with Gasteiger partial charge in [-0.15, -0.1) is 0 Å². The molecular formula is C27H32O16. The largest absolute Gasteiger partial charge is 0.508 e. The van der Waals surface area contributed by atoms with Crippen LogP contribution in [0.5, 0.6) is 11.5 Å². The molecule has 43 heavy (non-hydrogen) atoms. The number of aromatic hydroxyl groups is 2. The lowest BCUT2D eigenvalue weighted by Gasteiger charge is -2.46. The van der Waals surface area contributed by atoms with Crippen molar-refractivity contribution in [2.45, 2.75) is 67.5 Å². The van der Waals surface area contributed by atoms with Crippen molar-refractivity contribution < 1.29 is 79.9 Å². The van der Waals surface area contributed by atoms with Crippen molar-refractivity contribution in [2.24, 2.45) is 0 Å². The number of phenols is 2. The molecule has 1 aliphatic carbocycles. The van der Waals surface area contributed by atoms with Crippen LogP contribution in [0.15, 0.2) is 59.3 Å². The van der Waals surface area contributed by atoms with Crippen LogP contribution in [0, 0.1) is 0 Å². The predicted octanol–water partition coefficient (Wildman–Crippen LogP) is -2.37. The average molecular weight is 613 g/mol. The van der Waals surface area contributed by atoms with E-state index in [4.69, 9.17) is 23.7 Å². The molecule has 11 atom stereocenters. The maximum atomic E-state index is 11.0. The van der Waals surface area contributed by atoms with Crippen LogP contribution in [0.4, 0.5) is 0 Å². The highest BCUT2D eigenvalue weighted by molar-refractivity contribution is 5.70. The lowest BCUT2D eigenvalue weighted by Crippen LogP contribution is -2.64. The van der Waals surface area contributed by atoms with Gasteiger partial charge >= 0.3 is 0 Å². The van der Waals surface area contributed by atoms with Gasteiger partial charge in [-0.05, 0) is 24.3 Å². The van der Waals surface area contributed by atoms with Crippen LogP contribution < -0.4 is 0 Å². The maximum Gasteiger partial charge on any atom is 0.229 e. The lowest BCUT2D eigenvalue weighted by molar-refractivity contribution is -0.363. The minimum Gasteiger partial charge on any atom is -0.508 e. The van der Waals surface area contributed by atoms with Gasteiger partial charge in [-0.1, -0.05) is 0 Å². The van der Waals surface area contributed by atoms with Crippen LogP contribution in [0.1, 0.15) is 5.56 Å². The number of rotatable bonds is 7. The van der Waals surface area contributed by atoms with E-state index in [1.165, 1.54) is 18.2 Å². The van der Waals surface area contributed by atoms with E-state index in [2.05, 4.69) is 0 Å². The monoisotopic (exact) mass is 612 g/mol. The highest BCUT2D eigenvalue weighted by Crippen LogP contribution is 2.40. The Morgan fingerprint density at radius 3 is 2.02 bits per heavy atom. The fourth-order valence-electron chi connectivity index (χ4n) is 5.03. The Labute approximate surface area is 243 Å². The number of benzene rings is 1. The molecule has 16 heteroatoms. The second kappa shape index (κ2) is 12.3. The summed E-state index contributed by atoms with van der Waals surface area (Å²) in [5.41, 5.74) is 0.255. The minimum absolute atomic E-state index is 0.112. The third kappa shape index (κ3) is 5.89. The molecule has 0 aromatic heterocycles. The molecule has 0 saturated carbocycles. The first-order valence-electron chi connectivity index (χ1n) is 13.1. The Morgan fingerprint density at radius 2 is 1.37 bits per heavy atom. The molecule has 236 valence electrons. The third-order valence-corrected chi connectivity index (χ3v) is 7.41. The zero-order valence-electron chi connectivity index (χ0n) is 22.2.